The van der Waals surface area contributed by atoms with Crippen molar-refractivity contribution in [1.82, 2.24) is 0 Å². The van der Waals surface area contributed by atoms with E-state index in [1.165, 1.54) is 25.1 Å². The Morgan fingerprint density at radius 3 is 2.36 bits per heavy atom. The Hall–Kier alpha value is -2.57. The molecule has 2 aromatic carbocycles. The average Bonchev–Trinajstić information content (AvgIpc) is 2.54. The zero-order valence-corrected chi connectivity index (χ0v) is 14.6. The van der Waals surface area contributed by atoms with E-state index in [9.17, 15) is 14.4 Å². The monoisotopic (exact) mass is 380 g/mol. The highest BCUT2D eigenvalue weighted by molar-refractivity contribution is 6.35. The maximum absolute atomic E-state index is 12.0. The number of carbonyl (C=O) groups excluding carboxylic acids is 3. The lowest BCUT2D eigenvalue weighted by atomic mass is 10.2. The first-order chi connectivity index (χ1) is 11.8. The van der Waals surface area contributed by atoms with Gasteiger partial charge in [-0.1, -0.05) is 29.3 Å². The van der Waals surface area contributed by atoms with Crippen LogP contribution in [0.15, 0.2) is 42.5 Å². The van der Waals surface area contributed by atoms with Gasteiger partial charge in [0.25, 0.3) is 5.91 Å². The topological polar surface area (TPSA) is 84.5 Å². The first kappa shape index (κ1) is 18.8. The Bertz CT molecular complexity index is 824. The Morgan fingerprint density at radius 1 is 1.00 bits per heavy atom. The van der Waals surface area contributed by atoms with Crippen LogP contribution in [0.3, 0.4) is 0 Å². The quantitative estimate of drug-likeness (QED) is 0.773. The molecule has 25 heavy (non-hydrogen) atoms. The summed E-state index contributed by atoms with van der Waals surface area (Å²) in [5.74, 6) is -1.52. The van der Waals surface area contributed by atoms with Crippen molar-refractivity contribution in [3.63, 3.8) is 0 Å². The summed E-state index contributed by atoms with van der Waals surface area (Å²) in [7, 11) is 0. The molecule has 2 N–H and O–H groups in total. The second kappa shape index (κ2) is 8.50. The summed E-state index contributed by atoms with van der Waals surface area (Å²) in [6.45, 7) is 0.887. The Morgan fingerprint density at radius 2 is 1.68 bits per heavy atom. The Labute approximate surface area is 154 Å². The first-order valence-corrected chi connectivity index (χ1v) is 7.90. The maximum Gasteiger partial charge on any atom is 0.340 e. The molecule has 0 aliphatic rings. The van der Waals surface area contributed by atoms with Gasteiger partial charge < -0.3 is 15.4 Å². The number of ether oxygens (including phenoxy) is 1. The zero-order valence-electron chi connectivity index (χ0n) is 13.1. The van der Waals surface area contributed by atoms with Gasteiger partial charge in [-0.05, 0) is 36.4 Å². The molecule has 0 heterocycles. The van der Waals surface area contributed by atoms with Crippen molar-refractivity contribution in [2.45, 2.75) is 6.92 Å². The van der Waals surface area contributed by atoms with Crippen LogP contribution in [0.5, 0.6) is 0 Å². The highest BCUT2D eigenvalue weighted by Gasteiger charge is 2.14. The lowest BCUT2D eigenvalue weighted by molar-refractivity contribution is -0.119. The van der Waals surface area contributed by atoms with Crippen LogP contribution < -0.4 is 10.6 Å². The van der Waals surface area contributed by atoms with Crippen molar-refractivity contribution in [3.8, 4) is 0 Å². The van der Waals surface area contributed by atoms with Crippen LogP contribution in [0.25, 0.3) is 0 Å². The molecule has 0 spiro atoms. The van der Waals surface area contributed by atoms with Gasteiger partial charge in [0.15, 0.2) is 6.61 Å². The predicted molar refractivity (Wildman–Crippen MR) is 96.1 cm³/mol. The third-order valence-corrected chi connectivity index (χ3v) is 3.51. The minimum absolute atomic E-state index is 0.0784. The van der Waals surface area contributed by atoms with Crippen molar-refractivity contribution < 1.29 is 19.1 Å². The van der Waals surface area contributed by atoms with E-state index in [0.717, 1.165) is 0 Å². The van der Waals surface area contributed by atoms with E-state index in [-0.39, 0.29) is 16.5 Å². The van der Waals surface area contributed by atoms with Gasteiger partial charge in [-0.25, -0.2) is 4.79 Å². The van der Waals surface area contributed by atoms with Crippen LogP contribution in [0.4, 0.5) is 11.4 Å². The Kier molecular flexibility index (Phi) is 6.38. The van der Waals surface area contributed by atoms with Crippen LogP contribution in [0, 0.1) is 0 Å². The van der Waals surface area contributed by atoms with Gasteiger partial charge in [-0.15, -0.1) is 0 Å². The van der Waals surface area contributed by atoms with Gasteiger partial charge in [0.05, 0.1) is 10.6 Å². The largest absolute Gasteiger partial charge is 0.452 e. The number of amides is 2. The van der Waals surface area contributed by atoms with Crippen LogP contribution >= 0.6 is 23.2 Å². The molecule has 0 aromatic heterocycles. The summed E-state index contributed by atoms with van der Waals surface area (Å²) >= 11 is 11.7. The number of esters is 1. The van der Waals surface area contributed by atoms with Crippen molar-refractivity contribution >= 4 is 52.4 Å². The molecule has 2 amide bonds. The zero-order chi connectivity index (χ0) is 18.4. The molecule has 0 bridgehead atoms. The molecule has 0 aliphatic heterocycles. The van der Waals surface area contributed by atoms with Gasteiger partial charge in [-0.3, -0.25) is 9.59 Å². The molecular weight excluding hydrogens is 367 g/mol. The van der Waals surface area contributed by atoms with E-state index in [2.05, 4.69) is 10.6 Å². The summed E-state index contributed by atoms with van der Waals surface area (Å²) in [6.07, 6.45) is 0. The van der Waals surface area contributed by atoms with Gasteiger partial charge in [0.2, 0.25) is 5.91 Å². The third kappa shape index (κ3) is 5.77. The Balaban J connectivity index is 1.93. The number of halogens is 2. The number of hydrogen-bond donors (Lipinski definition) is 2. The highest BCUT2D eigenvalue weighted by atomic mass is 35.5. The molecular formula is C17H14Cl2N2O4. The summed E-state index contributed by atoms with van der Waals surface area (Å²) in [5.41, 5.74) is 1.07. The molecule has 6 nitrogen and oxygen atoms in total. The second-order valence-electron chi connectivity index (χ2n) is 5.01. The van der Waals surface area contributed by atoms with Crippen molar-refractivity contribution in [2.75, 3.05) is 17.2 Å². The first-order valence-electron chi connectivity index (χ1n) is 7.15. The smallest absolute Gasteiger partial charge is 0.340 e. The van der Waals surface area contributed by atoms with E-state index < -0.39 is 18.5 Å². The van der Waals surface area contributed by atoms with Crippen molar-refractivity contribution in [1.29, 1.82) is 0 Å². The normalized spacial score (nSPS) is 10.0. The van der Waals surface area contributed by atoms with Crippen molar-refractivity contribution in [3.05, 3.63) is 58.1 Å². The van der Waals surface area contributed by atoms with Crippen LogP contribution in [-0.2, 0) is 14.3 Å². The minimum Gasteiger partial charge on any atom is -0.452 e. The molecule has 0 fully saturated rings. The lowest BCUT2D eigenvalue weighted by Gasteiger charge is -2.09. The minimum atomic E-state index is -0.755. The fourth-order valence-corrected chi connectivity index (χ4v) is 2.30. The summed E-state index contributed by atoms with van der Waals surface area (Å²) < 4.78 is 4.93. The molecule has 0 saturated carbocycles. The van der Waals surface area contributed by atoms with Crippen LogP contribution in [0.2, 0.25) is 10.0 Å². The SMILES string of the molecule is CC(=O)Nc1cccc(NC(=O)COC(=O)c2cc(Cl)ccc2Cl)c1. The molecule has 0 unspecified atom stereocenters. The molecule has 0 saturated heterocycles. The summed E-state index contributed by atoms with van der Waals surface area (Å²) in [4.78, 5) is 34.9. The van der Waals surface area contributed by atoms with E-state index >= 15 is 0 Å². The number of anilines is 2. The second-order valence-corrected chi connectivity index (χ2v) is 5.85. The fraction of sp³-hybridized carbons (Fsp3) is 0.118. The van der Waals surface area contributed by atoms with E-state index in [4.69, 9.17) is 27.9 Å². The molecule has 0 atom stereocenters. The summed E-state index contributed by atoms with van der Waals surface area (Å²) in [6, 6.07) is 10.9. The number of benzene rings is 2. The van der Waals surface area contributed by atoms with E-state index in [0.29, 0.717) is 16.4 Å². The molecule has 2 rings (SSSR count). The third-order valence-electron chi connectivity index (χ3n) is 2.95. The number of hydrogen-bond acceptors (Lipinski definition) is 4. The molecule has 0 aliphatic carbocycles. The highest BCUT2D eigenvalue weighted by Crippen LogP contribution is 2.21. The number of rotatable bonds is 5. The van der Waals surface area contributed by atoms with Gasteiger partial charge in [0.1, 0.15) is 0 Å². The molecule has 2 aromatic rings. The van der Waals surface area contributed by atoms with E-state index in [1.807, 2.05) is 0 Å². The van der Waals surface area contributed by atoms with Gasteiger partial charge in [-0.2, -0.15) is 0 Å². The maximum atomic E-state index is 12.0. The van der Waals surface area contributed by atoms with Crippen LogP contribution in [0.1, 0.15) is 17.3 Å². The average molecular weight is 381 g/mol. The summed E-state index contributed by atoms with van der Waals surface area (Å²) in [5, 5.41) is 5.67. The van der Waals surface area contributed by atoms with Gasteiger partial charge in [0, 0.05) is 23.3 Å². The standard InChI is InChI=1S/C17H14Cl2N2O4/c1-10(22)20-12-3-2-4-13(8-12)21-16(23)9-25-17(24)14-7-11(18)5-6-15(14)19/h2-8H,9H2,1H3,(H,20,22)(H,21,23). The van der Waals surface area contributed by atoms with Gasteiger partial charge >= 0.3 is 5.97 Å². The lowest BCUT2D eigenvalue weighted by Crippen LogP contribution is -2.21. The van der Waals surface area contributed by atoms with Crippen molar-refractivity contribution in [2.24, 2.45) is 0 Å². The van der Waals surface area contributed by atoms with Crippen LogP contribution in [-0.4, -0.2) is 24.4 Å². The number of nitrogens with one attached hydrogen (secondary N) is 2. The molecule has 0 radical (unpaired) electrons. The predicted octanol–water partition coefficient (Wildman–Crippen LogP) is 3.75. The number of carbonyl (C=O) groups is 3. The fourth-order valence-electron chi connectivity index (χ4n) is 1.94. The van der Waals surface area contributed by atoms with E-state index in [1.54, 1.807) is 24.3 Å². The molecule has 8 heteroatoms. The molecule has 130 valence electrons.